The summed E-state index contributed by atoms with van der Waals surface area (Å²) in [4.78, 5) is 28.0. The lowest BCUT2D eigenvalue weighted by atomic mass is 9.89. The van der Waals surface area contributed by atoms with Gasteiger partial charge in [-0.3, -0.25) is 14.5 Å². The van der Waals surface area contributed by atoms with Gasteiger partial charge >= 0.3 is 0 Å². The maximum atomic E-state index is 12.6. The van der Waals surface area contributed by atoms with Crippen molar-refractivity contribution in [3.63, 3.8) is 0 Å². The van der Waals surface area contributed by atoms with Crippen LogP contribution in [0.3, 0.4) is 0 Å². The minimum atomic E-state index is -0.388. The minimum absolute atomic E-state index is 0.0330. The van der Waals surface area contributed by atoms with Crippen molar-refractivity contribution in [3.05, 3.63) is 0 Å². The van der Waals surface area contributed by atoms with E-state index in [-0.39, 0.29) is 17.4 Å². The molecule has 0 aromatic carbocycles. The summed E-state index contributed by atoms with van der Waals surface area (Å²) in [5.74, 6) is 0.252. The van der Waals surface area contributed by atoms with E-state index in [1.807, 2.05) is 11.8 Å². The molecule has 0 saturated carbocycles. The van der Waals surface area contributed by atoms with E-state index in [1.54, 1.807) is 7.05 Å². The molecule has 0 aromatic rings. The third-order valence-electron chi connectivity index (χ3n) is 4.40. The fraction of sp³-hybridized carbons (Fsp3) is 0.857. The van der Waals surface area contributed by atoms with Crippen LogP contribution in [0.5, 0.6) is 0 Å². The van der Waals surface area contributed by atoms with Gasteiger partial charge in [0.15, 0.2) is 0 Å². The van der Waals surface area contributed by atoms with Crippen LogP contribution >= 0.6 is 0 Å². The molecule has 114 valence electrons. The van der Waals surface area contributed by atoms with Gasteiger partial charge in [-0.05, 0) is 32.7 Å². The number of rotatable bonds is 3. The minimum Gasteiger partial charge on any atom is -0.358 e. The van der Waals surface area contributed by atoms with Gasteiger partial charge in [0, 0.05) is 33.2 Å². The molecule has 1 atom stereocenters. The van der Waals surface area contributed by atoms with Crippen LogP contribution in [0.25, 0.3) is 0 Å². The molecule has 0 aliphatic carbocycles. The van der Waals surface area contributed by atoms with E-state index in [1.165, 1.54) is 0 Å². The Hall–Kier alpha value is -1.14. The van der Waals surface area contributed by atoms with Crippen LogP contribution < -0.4 is 10.6 Å². The van der Waals surface area contributed by atoms with Crippen LogP contribution in [0, 0.1) is 0 Å². The highest BCUT2D eigenvalue weighted by molar-refractivity contribution is 5.86. The topological polar surface area (TPSA) is 64.7 Å². The van der Waals surface area contributed by atoms with E-state index in [2.05, 4.69) is 15.5 Å². The average molecular weight is 282 g/mol. The average Bonchev–Trinajstić information content (AvgIpc) is 2.48. The number of amides is 2. The van der Waals surface area contributed by atoms with Crippen LogP contribution in [0.4, 0.5) is 0 Å². The second-order valence-electron chi connectivity index (χ2n) is 5.96. The largest absolute Gasteiger partial charge is 0.358 e. The molecule has 2 rings (SSSR count). The highest BCUT2D eigenvalue weighted by Crippen LogP contribution is 2.22. The van der Waals surface area contributed by atoms with E-state index in [0.717, 1.165) is 38.9 Å². The molecule has 0 spiro atoms. The molecule has 0 bridgehead atoms. The quantitative estimate of drug-likeness (QED) is 0.726. The number of hydrogen-bond acceptors (Lipinski definition) is 4. The second kappa shape index (κ2) is 6.54. The van der Waals surface area contributed by atoms with Crippen molar-refractivity contribution < 1.29 is 9.59 Å². The van der Waals surface area contributed by atoms with Gasteiger partial charge in [0.25, 0.3) is 0 Å². The molecule has 2 heterocycles. The van der Waals surface area contributed by atoms with Gasteiger partial charge in [-0.1, -0.05) is 0 Å². The summed E-state index contributed by atoms with van der Waals surface area (Å²) in [6.07, 6.45) is 3.19. The van der Waals surface area contributed by atoms with Gasteiger partial charge < -0.3 is 15.5 Å². The lowest BCUT2D eigenvalue weighted by Crippen LogP contribution is -2.61. The molecule has 2 N–H and O–H groups in total. The molecule has 2 amide bonds. The van der Waals surface area contributed by atoms with E-state index in [0.29, 0.717) is 19.6 Å². The van der Waals surface area contributed by atoms with Crippen molar-refractivity contribution in [2.75, 3.05) is 46.3 Å². The monoisotopic (exact) mass is 282 g/mol. The zero-order valence-corrected chi connectivity index (χ0v) is 12.6. The molecule has 2 saturated heterocycles. The number of carbonyl (C=O) groups is 2. The predicted octanol–water partition coefficient (Wildman–Crippen LogP) is -0.591. The molecule has 6 heteroatoms. The van der Waals surface area contributed by atoms with Crippen molar-refractivity contribution in [2.24, 2.45) is 0 Å². The SMILES string of the molecule is CNC(=O)CN1CCN(C(=O)C2(C)CCCCN2)CC1. The number of hydrogen-bond donors (Lipinski definition) is 2. The summed E-state index contributed by atoms with van der Waals surface area (Å²) in [7, 11) is 1.65. The first-order valence-electron chi connectivity index (χ1n) is 7.52. The van der Waals surface area contributed by atoms with E-state index in [9.17, 15) is 9.59 Å². The number of likely N-dealkylation sites (N-methyl/N-ethyl adjacent to an activating group) is 1. The Morgan fingerprint density at radius 1 is 1.20 bits per heavy atom. The first-order valence-corrected chi connectivity index (χ1v) is 7.52. The van der Waals surface area contributed by atoms with Crippen molar-refractivity contribution in [3.8, 4) is 0 Å². The first-order chi connectivity index (χ1) is 9.55. The zero-order valence-electron chi connectivity index (χ0n) is 12.6. The van der Waals surface area contributed by atoms with Crippen molar-refractivity contribution in [1.29, 1.82) is 0 Å². The number of nitrogens with zero attached hydrogens (tertiary/aromatic N) is 2. The summed E-state index contributed by atoms with van der Waals surface area (Å²) in [6.45, 7) is 6.35. The molecule has 0 radical (unpaired) electrons. The van der Waals surface area contributed by atoms with E-state index >= 15 is 0 Å². The standard InChI is InChI=1S/C14H26N4O2/c1-14(5-3-4-6-16-14)13(20)18-9-7-17(8-10-18)11-12(19)15-2/h16H,3-11H2,1-2H3,(H,15,19). The number of carbonyl (C=O) groups excluding carboxylic acids is 2. The third-order valence-corrected chi connectivity index (χ3v) is 4.40. The smallest absolute Gasteiger partial charge is 0.242 e. The first kappa shape index (κ1) is 15.3. The van der Waals surface area contributed by atoms with Crippen LogP contribution in [-0.2, 0) is 9.59 Å². The molecule has 1 unspecified atom stereocenters. The van der Waals surface area contributed by atoms with E-state index < -0.39 is 0 Å². The lowest BCUT2D eigenvalue weighted by Gasteiger charge is -2.41. The Kier molecular flexibility index (Phi) is 4.99. The fourth-order valence-corrected chi connectivity index (χ4v) is 2.98. The summed E-state index contributed by atoms with van der Waals surface area (Å²) in [5, 5.41) is 6.01. The van der Waals surface area contributed by atoms with Gasteiger partial charge in [0.1, 0.15) is 0 Å². The summed E-state index contributed by atoms with van der Waals surface area (Å²) < 4.78 is 0. The van der Waals surface area contributed by atoms with Crippen molar-refractivity contribution in [1.82, 2.24) is 20.4 Å². The summed E-state index contributed by atoms with van der Waals surface area (Å²) >= 11 is 0. The second-order valence-corrected chi connectivity index (χ2v) is 5.96. The predicted molar refractivity (Wildman–Crippen MR) is 77.3 cm³/mol. The Morgan fingerprint density at radius 2 is 1.90 bits per heavy atom. The highest BCUT2D eigenvalue weighted by atomic mass is 16.2. The molecular weight excluding hydrogens is 256 g/mol. The number of nitrogens with one attached hydrogen (secondary N) is 2. The molecule has 2 aliphatic heterocycles. The maximum Gasteiger partial charge on any atom is 0.242 e. The maximum absolute atomic E-state index is 12.6. The van der Waals surface area contributed by atoms with Crippen LogP contribution in [-0.4, -0.2) is 73.5 Å². The third kappa shape index (κ3) is 3.49. The number of piperazine rings is 1. The lowest BCUT2D eigenvalue weighted by molar-refractivity contribution is -0.140. The Bertz CT molecular complexity index is 358. The Morgan fingerprint density at radius 3 is 2.45 bits per heavy atom. The van der Waals surface area contributed by atoms with E-state index in [4.69, 9.17) is 0 Å². The fourth-order valence-electron chi connectivity index (χ4n) is 2.98. The normalized spacial score (nSPS) is 28.2. The Labute approximate surface area is 120 Å². The zero-order chi connectivity index (χ0) is 14.6. The number of piperidine rings is 1. The molecule has 6 nitrogen and oxygen atoms in total. The molecular formula is C14H26N4O2. The van der Waals surface area contributed by atoms with Crippen LogP contribution in [0.15, 0.2) is 0 Å². The molecule has 0 aromatic heterocycles. The van der Waals surface area contributed by atoms with Gasteiger partial charge in [-0.25, -0.2) is 0 Å². The molecule has 2 fully saturated rings. The molecule has 20 heavy (non-hydrogen) atoms. The van der Waals surface area contributed by atoms with Gasteiger partial charge in [-0.2, -0.15) is 0 Å². The van der Waals surface area contributed by atoms with Gasteiger partial charge in [0.2, 0.25) is 11.8 Å². The van der Waals surface area contributed by atoms with Crippen molar-refractivity contribution in [2.45, 2.75) is 31.7 Å². The van der Waals surface area contributed by atoms with Gasteiger partial charge in [0.05, 0.1) is 12.1 Å². The van der Waals surface area contributed by atoms with Gasteiger partial charge in [-0.15, -0.1) is 0 Å². The summed E-state index contributed by atoms with van der Waals surface area (Å²) in [5.41, 5.74) is -0.388. The van der Waals surface area contributed by atoms with Crippen LogP contribution in [0.1, 0.15) is 26.2 Å². The summed E-state index contributed by atoms with van der Waals surface area (Å²) in [6, 6.07) is 0. The highest BCUT2D eigenvalue weighted by Gasteiger charge is 2.38. The molecule has 2 aliphatic rings. The van der Waals surface area contributed by atoms with Crippen LogP contribution in [0.2, 0.25) is 0 Å². The van der Waals surface area contributed by atoms with Crippen molar-refractivity contribution >= 4 is 11.8 Å². The Balaban J connectivity index is 1.84.